The fourth-order valence-electron chi connectivity index (χ4n) is 1.36. The molecule has 1 aromatic carbocycles. The third-order valence-electron chi connectivity index (χ3n) is 2.65. The van der Waals surface area contributed by atoms with Crippen molar-refractivity contribution in [3.63, 3.8) is 0 Å². The Labute approximate surface area is 108 Å². The van der Waals surface area contributed by atoms with Crippen LogP contribution < -0.4 is 0 Å². The maximum atomic E-state index is 13.4. The van der Waals surface area contributed by atoms with Gasteiger partial charge in [0.05, 0.1) is 5.25 Å². The van der Waals surface area contributed by atoms with Gasteiger partial charge in [-0.05, 0) is 25.5 Å². The fraction of sp³-hybridized carbons (Fsp3) is 0.455. The number of rotatable bonds is 4. The van der Waals surface area contributed by atoms with Crippen molar-refractivity contribution in [1.82, 2.24) is 0 Å². The molecule has 0 fully saturated rings. The normalized spacial score (nSPS) is 15.6. The Morgan fingerprint density at radius 1 is 1.29 bits per heavy atom. The topological polar surface area (TPSA) is 34.1 Å². The lowest BCUT2D eigenvalue weighted by Crippen LogP contribution is -2.28. The average Bonchev–Trinajstić information content (AvgIpc) is 2.21. The van der Waals surface area contributed by atoms with Crippen LogP contribution in [0.3, 0.4) is 0 Å². The molecule has 0 bridgehead atoms. The van der Waals surface area contributed by atoms with Crippen molar-refractivity contribution in [1.29, 1.82) is 0 Å². The molecule has 0 radical (unpaired) electrons. The van der Waals surface area contributed by atoms with E-state index in [0.717, 1.165) is 18.4 Å². The van der Waals surface area contributed by atoms with E-state index in [-0.39, 0.29) is 12.0 Å². The van der Waals surface area contributed by atoms with E-state index in [0.29, 0.717) is 0 Å². The van der Waals surface area contributed by atoms with E-state index < -0.39 is 31.5 Å². The van der Waals surface area contributed by atoms with Gasteiger partial charge in [0, 0.05) is 16.6 Å². The maximum absolute atomic E-state index is 13.4. The van der Waals surface area contributed by atoms with Gasteiger partial charge < -0.3 is 0 Å². The molecule has 0 spiro atoms. The van der Waals surface area contributed by atoms with E-state index >= 15 is 0 Å². The van der Waals surface area contributed by atoms with Gasteiger partial charge in [0.1, 0.15) is 11.6 Å². The molecule has 0 N–H and O–H groups in total. The molecule has 6 heteroatoms. The number of hydrogen-bond acceptors (Lipinski definition) is 2. The van der Waals surface area contributed by atoms with Crippen molar-refractivity contribution in [2.45, 2.75) is 23.4 Å². The lowest BCUT2D eigenvalue weighted by atomic mass is 10.1. The minimum Gasteiger partial charge on any atom is -0.229 e. The predicted molar refractivity (Wildman–Crippen MR) is 67.1 cm³/mol. The van der Waals surface area contributed by atoms with Crippen molar-refractivity contribution in [3.8, 4) is 0 Å². The molecule has 1 rings (SSSR count). The van der Waals surface area contributed by atoms with E-state index in [2.05, 4.69) is 15.9 Å². The summed E-state index contributed by atoms with van der Waals surface area (Å²) in [6, 6.07) is 3.59. The van der Waals surface area contributed by atoms with E-state index in [1.165, 1.54) is 13.0 Å². The largest absolute Gasteiger partial charge is 0.229 e. The van der Waals surface area contributed by atoms with Crippen LogP contribution in [0, 0.1) is 11.6 Å². The first-order chi connectivity index (χ1) is 7.73. The van der Waals surface area contributed by atoms with Crippen LogP contribution in [-0.2, 0) is 16.3 Å². The van der Waals surface area contributed by atoms with Crippen LogP contribution in [0.5, 0.6) is 0 Å². The van der Waals surface area contributed by atoms with Crippen LogP contribution in [0.4, 0.5) is 8.78 Å². The van der Waals surface area contributed by atoms with Gasteiger partial charge in [-0.3, -0.25) is 0 Å². The van der Waals surface area contributed by atoms with Crippen molar-refractivity contribution in [2.24, 2.45) is 0 Å². The molecule has 0 amide bonds. The first-order valence-corrected chi connectivity index (χ1v) is 7.86. The maximum Gasteiger partial charge on any atom is 0.151 e. The summed E-state index contributed by atoms with van der Waals surface area (Å²) in [5, 5.41) is -0.707. The third-order valence-corrected chi connectivity index (χ3v) is 5.79. The lowest BCUT2D eigenvalue weighted by Gasteiger charge is -2.17. The van der Waals surface area contributed by atoms with Gasteiger partial charge in [0.25, 0.3) is 0 Å². The fourth-order valence-corrected chi connectivity index (χ4v) is 3.49. The van der Waals surface area contributed by atoms with Gasteiger partial charge in [-0.15, -0.1) is 0 Å². The summed E-state index contributed by atoms with van der Waals surface area (Å²) in [6.07, 6.45) is 1.09. The summed E-state index contributed by atoms with van der Waals surface area (Å²) >= 11 is 3.17. The Balaban J connectivity index is 2.92. The number of benzene rings is 1. The van der Waals surface area contributed by atoms with Crippen LogP contribution >= 0.6 is 15.9 Å². The highest BCUT2D eigenvalue weighted by atomic mass is 79.9. The zero-order valence-corrected chi connectivity index (χ0v) is 11.9. The number of hydrogen-bond donors (Lipinski definition) is 0. The molecular formula is C11H13BrF2O2S. The molecule has 17 heavy (non-hydrogen) atoms. The molecule has 0 heterocycles. The lowest BCUT2D eigenvalue weighted by molar-refractivity contribution is 0.547. The molecule has 1 aromatic rings. The van der Waals surface area contributed by atoms with Gasteiger partial charge in [-0.1, -0.05) is 22.0 Å². The Hall–Kier alpha value is -0.490. The molecule has 0 aromatic heterocycles. The molecule has 2 nitrogen and oxygen atoms in total. The summed E-state index contributed by atoms with van der Waals surface area (Å²) in [5.74, 6) is -1.31. The molecule has 96 valence electrons. The molecule has 0 aliphatic carbocycles. The number of alkyl halides is 1. The number of sulfone groups is 1. The minimum absolute atomic E-state index is 0.00720. The molecule has 0 aliphatic heterocycles. The van der Waals surface area contributed by atoms with E-state index in [1.54, 1.807) is 0 Å². The smallest absolute Gasteiger partial charge is 0.151 e. The standard InChI is InChI=1S/C11H13BrF2O2S/c1-7(17(2,15)16)9(12)6-8-10(13)4-3-5-11(8)14/h3-5,7,9H,6H2,1-2H3. The minimum atomic E-state index is -3.24. The predicted octanol–water partition coefficient (Wildman–Crippen LogP) is 2.70. The van der Waals surface area contributed by atoms with E-state index in [4.69, 9.17) is 0 Å². The molecule has 2 atom stereocenters. The van der Waals surface area contributed by atoms with Crippen molar-refractivity contribution < 1.29 is 17.2 Å². The second-order valence-corrected chi connectivity index (χ2v) is 7.53. The van der Waals surface area contributed by atoms with Gasteiger partial charge in [0.15, 0.2) is 9.84 Å². The average molecular weight is 327 g/mol. The Kier molecular flexibility index (Phi) is 4.66. The molecule has 0 saturated heterocycles. The third kappa shape index (κ3) is 3.74. The summed E-state index contributed by atoms with van der Waals surface area (Å²) < 4.78 is 49.4. The summed E-state index contributed by atoms with van der Waals surface area (Å²) in [7, 11) is -3.24. The van der Waals surface area contributed by atoms with Gasteiger partial charge >= 0.3 is 0 Å². The molecule has 0 saturated carbocycles. The Bertz CT molecular complexity index is 482. The zero-order chi connectivity index (χ0) is 13.2. The van der Waals surface area contributed by atoms with Gasteiger partial charge in [-0.2, -0.15) is 0 Å². The van der Waals surface area contributed by atoms with E-state index in [9.17, 15) is 17.2 Å². The molecule has 0 aliphatic rings. The second kappa shape index (κ2) is 5.44. The quantitative estimate of drug-likeness (QED) is 0.797. The highest BCUT2D eigenvalue weighted by Crippen LogP contribution is 2.22. The Morgan fingerprint density at radius 3 is 2.18 bits per heavy atom. The van der Waals surface area contributed by atoms with Crippen LogP contribution in [0.15, 0.2) is 18.2 Å². The van der Waals surface area contributed by atoms with E-state index in [1.807, 2.05) is 0 Å². The van der Waals surface area contributed by atoms with Crippen molar-refractivity contribution in [2.75, 3.05) is 6.26 Å². The monoisotopic (exact) mass is 326 g/mol. The van der Waals surface area contributed by atoms with Crippen LogP contribution in [0.1, 0.15) is 12.5 Å². The molecule has 2 unspecified atom stereocenters. The first-order valence-electron chi connectivity index (χ1n) is 4.99. The van der Waals surface area contributed by atoms with Crippen molar-refractivity contribution >= 4 is 25.8 Å². The number of halogens is 3. The summed E-state index contributed by atoms with van der Waals surface area (Å²) in [6.45, 7) is 1.51. The second-order valence-electron chi connectivity index (χ2n) is 3.95. The van der Waals surface area contributed by atoms with Crippen LogP contribution in [0.2, 0.25) is 0 Å². The molecular weight excluding hydrogens is 314 g/mol. The first kappa shape index (κ1) is 14.6. The van der Waals surface area contributed by atoms with Crippen molar-refractivity contribution in [3.05, 3.63) is 35.4 Å². The Morgan fingerprint density at radius 2 is 1.76 bits per heavy atom. The zero-order valence-electron chi connectivity index (χ0n) is 9.45. The van der Waals surface area contributed by atoms with Crippen LogP contribution in [0.25, 0.3) is 0 Å². The highest BCUT2D eigenvalue weighted by molar-refractivity contribution is 9.09. The van der Waals surface area contributed by atoms with Gasteiger partial charge in [0.2, 0.25) is 0 Å². The SMILES string of the molecule is CC(C(Br)Cc1c(F)cccc1F)S(C)(=O)=O. The van der Waals surface area contributed by atoms with Crippen LogP contribution in [-0.4, -0.2) is 24.8 Å². The van der Waals surface area contributed by atoms with Gasteiger partial charge in [-0.25, -0.2) is 17.2 Å². The summed E-state index contributed by atoms with van der Waals surface area (Å²) in [5.41, 5.74) is -0.0927. The summed E-state index contributed by atoms with van der Waals surface area (Å²) in [4.78, 5) is -0.524. The highest BCUT2D eigenvalue weighted by Gasteiger charge is 2.25.